The number of ketones is 1. The summed E-state index contributed by atoms with van der Waals surface area (Å²) in [6.07, 6.45) is 0.733. The van der Waals surface area contributed by atoms with Crippen molar-refractivity contribution in [2.24, 2.45) is 0 Å². The topological polar surface area (TPSA) is 60.9 Å². The van der Waals surface area contributed by atoms with Crippen LogP contribution in [0, 0.1) is 0 Å². The number of benzene rings is 2. The number of hydrogen-bond acceptors (Lipinski definition) is 4. The Balaban J connectivity index is 2.01. The summed E-state index contributed by atoms with van der Waals surface area (Å²) in [5.41, 5.74) is 1.32. The van der Waals surface area contributed by atoms with Crippen LogP contribution >= 0.6 is 11.6 Å². The van der Waals surface area contributed by atoms with Crippen LogP contribution in [0.1, 0.15) is 37.4 Å². The summed E-state index contributed by atoms with van der Waals surface area (Å²) >= 11 is 6.20. The summed E-state index contributed by atoms with van der Waals surface area (Å²) in [5, 5.41) is 11.5. The van der Waals surface area contributed by atoms with Crippen LogP contribution in [-0.4, -0.2) is 52.8 Å². The monoisotopic (exact) mass is 426 g/mol. The zero-order valence-electron chi connectivity index (χ0n) is 17.3. The molecule has 1 N–H and O–H groups in total. The van der Waals surface area contributed by atoms with E-state index in [2.05, 4.69) is 18.7 Å². The Bertz CT molecular complexity index is 938. The van der Waals surface area contributed by atoms with Gasteiger partial charge in [-0.1, -0.05) is 67.9 Å². The van der Waals surface area contributed by atoms with E-state index in [0.29, 0.717) is 22.7 Å². The molecule has 0 aliphatic carbocycles. The highest BCUT2D eigenvalue weighted by Crippen LogP contribution is 2.40. The Kier molecular flexibility index (Phi) is 7.29. The van der Waals surface area contributed by atoms with E-state index in [0.717, 1.165) is 26.1 Å². The van der Waals surface area contributed by atoms with Crippen molar-refractivity contribution in [1.29, 1.82) is 0 Å². The average molecular weight is 427 g/mol. The zero-order valence-corrected chi connectivity index (χ0v) is 18.1. The molecular formula is C24H27ClN2O3. The van der Waals surface area contributed by atoms with Crippen LogP contribution in [0.5, 0.6) is 0 Å². The third kappa shape index (κ3) is 4.58. The fourth-order valence-corrected chi connectivity index (χ4v) is 4.09. The number of aliphatic hydroxyl groups excluding tert-OH is 1. The molecule has 1 amide bonds. The van der Waals surface area contributed by atoms with E-state index in [1.807, 2.05) is 12.1 Å². The quantitative estimate of drug-likeness (QED) is 0.383. The van der Waals surface area contributed by atoms with Crippen LogP contribution in [0.25, 0.3) is 5.76 Å². The van der Waals surface area contributed by atoms with Gasteiger partial charge >= 0.3 is 0 Å². The number of likely N-dealkylation sites (tertiary alicyclic amines) is 1. The minimum Gasteiger partial charge on any atom is -0.507 e. The van der Waals surface area contributed by atoms with Gasteiger partial charge in [-0.25, -0.2) is 0 Å². The highest BCUT2D eigenvalue weighted by Gasteiger charge is 2.45. The standard InChI is InChI=1S/C24H27ClN2O3/c1-3-26(4-2)14-9-15-27-21(18-12-8-13-19(25)16-18)20(23(29)24(27)30)22(28)17-10-6-5-7-11-17/h5-8,10-13,16,21,28H,3-4,9,14-15H2,1-2H3/t21-/m1/s1. The van der Waals surface area contributed by atoms with Gasteiger partial charge in [-0.2, -0.15) is 0 Å². The van der Waals surface area contributed by atoms with E-state index >= 15 is 0 Å². The third-order valence-corrected chi connectivity index (χ3v) is 5.75. The first-order chi connectivity index (χ1) is 14.5. The summed E-state index contributed by atoms with van der Waals surface area (Å²) in [6, 6.07) is 15.3. The maximum Gasteiger partial charge on any atom is 0.295 e. The number of nitrogens with zero attached hydrogens (tertiary/aromatic N) is 2. The number of aliphatic hydroxyl groups is 1. The van der Waals surface area contributed by atoms with Gasteiger partial charge in [0.25, 0.3) is 11.7 Å². The highest BCUT2D eigenvalue weighted by molar-refractivity contribution is 6.46. The van der Waals surface area contributed by atoms with Crippen LogP contribution < -0.4 is 0 Å². The molecule has 0 saturated carbocycles. The SMILES string of the molecule is CCN(CC)CCCN1C(=O)C(=O)C(=C(O)c2ccccc2)[C@H]1c1cccc(Cl)c1. The van der Waals surface area contributed by atoms with E-state index in [1.54, 1.807) is 47.4 Å². The number of carbonyl (C=O) groups excluding carboxylic acids is 2. The van der Waals surface area contributed by atoms with Crippen LogP contribution in [0.4, 0.5) is 0 Å². The first kappa shape index (κ1) is 22.1. The second-order valence-corrected chi connectivity index (χ2v) is 7.73. The van der Waals surface area contributed by atoms with Crippen molar-refractivity contribution in [3.05, 3.63) is 76.3 Å². The smallest absolute Gasteiger partial charge is 0.295 e. The van der Waals surface area contributed by atoms with Gasteiger partial charge in [0.05, 0.1) is 11.6 Å². The Hall–Kier alpha value is -2.63. The van der Waals surface area contributed by atoms with Gasteiger partial charge in [0.1, 0.15) is 5.76 Å². The molecule has 3 rings (SSSR count). The molecule has 0 bridgehead atoms. The van der Waals surface area contributed by atoms with E-state index in [-0.39, 0.29) is 11.3 Å². The lowest BCUT2D eigenvalue weighted by atomic mass is 9.95. The molecule has 6 heteroatoms. The molecule has 0 spiro atoms. The maximum atomic E-state index is 13.0. The lowest BCUT2D eigenvalue weighted by Crippen LogP contribution is -2.33. The van der Waals surface area contributed by atoms with Crippen molar-refractivity contribution in [3.63, 3.8) is 0 Å². The zero-order chi connectivity index (χ0) is 21.7. The Morgan fingerprint density at radius 1 is 1.07 bits per heavy atom. The fraction of sp³-hybridized carbons (Fsp3) is 0.333. The summed E-state index contributed by atoms with van der Waals surface area (Å²) < 4.78 is 0. The van der Waals surface area contributed by atoms with Crippen molar-refractivity contribution < 1.29 is 14.7 Å². The minimum absolute atomic E-state index is 0.108. The Labute approximate surface area is 182 Å². The van der Waals surface area contributed by atoms with Crippen LogP contribution in [-0.2, 0) is 9.59 Å². The van der Waals surface area contributed by atoms with Crippen molar-refractivity contribution in [3.8, 4) is 0 Å². The first-order valence-corrected chi connectivity index (χ1v) is 10.7. The number of amides is 1. The molecular weight excluding hydrogens is 400 g/mol. The molecule has 1 heterocycles. The molecule has 1 aliphatic heterocycles. The van der Waals surface area contributed by atoms with Crippen LogP contribution in [0.2, 0.25) is 5.02 Å². The second kappa shape index (κ2) is 9.92. The molecule has 1 fully saturated rings. The predicted molar refractivity (Wildman–Crippen MR) is 119 cm³/mol. The molecule has 30 heavy (non-hydrogen) atoms. The lowest BCUT2D eigenvalue weighted by Gasteiger charge is -2.27. The van der Waals surface area contributed by atoms with Gasteiger partial charge in [-0.3, -0.25) is 9.59 Å². The van der Waals surface area contributed by atoms with Gasteiger partial charge in [0, 0.05) is 17.1 Å². The lowest BCUT2D eigenvalue weighted by molar-refractivity contribution is -0.140. The van der Waals surface area contributed by atoms with E-state index in [4.69, 9.17) is 11.6 Å². The van der Waals surface area contributed by atoms with Crippen molar-refractivity contribution in [2.75, 3.05) is 26.2 Å². The minimum atomic E-state index is -0.666. The molecule has 0 unspecified atom stereocenters. The molecule has 0 aromatic heterocycles. The van der Waals surface area contributed by atoms with Gasteiger partial charge in [-0.15, -0.1) is 0 Å². The molecule has 158 valence electrons. The molecule has 1 aliphatic rings. The van der Waals surface area contributed by atoms with Crippen molar-refractivity contribution >= 4 is 29.1 Å². The molecule has 2 aromatic carbocycles. The Morgan fingerprint density at radius 2 is 1.77 bits per heavy atom. The van der Waals surface area contributed by atoms with Crippen molar-refractivity contribution in [2.45, 2.75) is 26.3 Å². The predicted octanol–water partition coefficient (Wildman–Crippen LogP) is 4.49. The summed E-state index contributed by atoms with van der Waals surface area (Å²) in [5.74, 6) is -1.41. The first-order valence-electron chi connectivity index (χ1n) is 10.3. The highest BCUT2D eigenvalue weighted by atomic mass is 35.5. The number of hydrogen-bond donors (Lipinski definition) is 1. The Morgan fingerprint density at radius 3 is 2.40 bits per heavy atom. The van der Waals surface area contributed by atoms with Crippen LogP contribution in [0.15, 0.2) is 60.2 Å². The van der Waals surface area contributed by atoms with E-state index in [9.17, 15) is 14.7 Å². The number of Topliss-reactive ketones (excluding diaryl/α,β-unsaturated/α-hetero) is 1. The summed E-state index contributed by atoms with van der Waals surface area (Å²) in [4.78, 5) is 29.7. The molecule has 5 nitrogen and oxygen atoms in total. The van der Waals surface area contributed by atoms with Gasteiger partial charge in [-0.05, 0) is 43.8 Å². The normalized spacial score (nSPS) is 18.4. The fourth-order valence-electron chi connectivity index (χ4n) is 3.89. The summed E-state index contributed by atoms with van der Waals surface area (Å²) in [7, 11) is 0. The average Bonchev–Trinajstić information content (AvgIpc) is 3.02. The molecule has 2 aromatic rings. The number of rotatable bonds is 8. The second-order valence-electron chi connectivity index (χ2n) is 7.29. The largest absolute Gasteiger partial charge is 0.507 e. The number of carbonyl (C=O) groups is 2. The van der Waals surface area contributed by atoms with Crippen molar-refractivity contribution in [1.82, 2.24) is 9.80 Å². The number of halogens is 1. The van der Waals surface area contributed by atoms with Gasteiger partial charge in [0.2, 0.25) is 0 Å². The third-order valence-electron chi connectivity index (χ3n) is 5.52. The maximum absolute atomic E-state index is 13.0. The van der Waals surface area contributed by atoms with E-state index < -0.39 is 17.7 Å². The molecule has 1 atom stereocenters. The van der Waals surface area contributed by atoms with Gasteiger partial charge in [0.15, 0.2) is 0 Å². The summed E-state index contributed by atoms with van der Waals surface area (Å²) in [6.45, 7) is 7.31. The molecule has 0 radical (unpaired) electrons. The van der Waals surface area contributed by atoms with E-state index in [1.165, 1.54) is 0 Å². The van der Waals surface area contributed by atoms with Crippen LogP contribution in [0.3, 0.4) is 0 Å². The molecule has 1 saturated heterocycles. The van der Waals surface area contributed by atoms with Gasteiger partial charge < -0.3 is 14.9 Å².